The van der Waals surface area contributed by atoms with E-state index in [0.717, 1.165) is 0 Å². The molecule has 1 unspecified atom stereocenters. The maximum Gasteiger partial charge on any atom is 0.272 e. The summed E-state index contributed by atoms with van der Waals surface area (Å²) in [5, 5.41) is 2.92. The van der Waals surface area contributed by atoms with E-state index < -0.39 is 0 Å². The number of hydrogen-bond donors (Lipinski definition) is 1. The SMILES string of the molecule is CC(NC(=O)c1cncc(Cl)n1)c1ccco1. The zero-order valence-electron chi connectivity index (χ0n) is 9.05. The predicted octanol–water partition coefficient (Wildman–Crippen LogP) is 2.21. The number of nitrogens with zero attached hydrogens (tertiary/aromatic N) is 2. The number of carbonyl (C=O) groups is 1. The first-order valence-electron chi connectivity index (χ1n) is 4.98. The molecule has 5 nitrogen and oxygen atoms in total. The van der Waals surface area contributed by atoms with Crippen molar-refractivity contribution in [2.24, 2.45) is 0 Å². The van der Waals surface area contributed by atoms with E-state index in [1.165, 1.54) is 12.4 Å². The van der Waals surface area contributed by atoms with Crippen LogP contribution in [0.15, 0.2) is 35.2 Å². The lowest BCUT2D eigenvalue weighted by Crippen LogP contribution is -2.27. The van der Waals surface area contributed by atoms with Crippen LogP contribution in [0.1, 0.15) is 29.2 Å². The molecule has 2 rings (SSSR count). The third kappa shape index (κ3) is 2.82. The van der Waals surface area contributed by atoms with Gasteiger partial charge in [0.15, 0.2) is 0 Å². The highest BCUT2D eigenvalue weighted by Gasteiger charge is 2.14. The van der Waals surface area contributed by atoms with Crippen molar-refractivity contribution in [2.45, 2.75) is 13.0 Å². The first kappa shape index (κ1) is 11.6. The normalized spacial score (nSPS) is 12.1. The fourth-order valence-electron chi connectivity index (χ4n) is 1.33. The number of nitrogens with one attached hydrogen (secondary N) is 1. The number of hydrogen-bond acceptors (Lipinski definition) is 4. The summed E-state index contributed by atoms with van der Waals surface area (Å²) < 4.78 is 5.18. The van der Waals surface area contributed by atoms with Gasteiger partial charge in [0.25, 0.3) is 5.91 Å². The van der Waals surface area contributed by atoms with Crippen molar-refractivity contribution >= 4 is 17.5 Å². The molecule has 88 valence electrons. The van der Waals surface area contributed by atoms with Gasteiger partial charge >= 0.3 is 0 Å². The number of furan rings is 1. The lowest BCUT2D eigenvalue weighted by atomic mass is 10.2. The molecular formula is C11H10ClN3O2. The molecule has 1 atom stereocenters. The van der Waals surface area contributed by atoms with E-state index in [-0.39, 0.29) is 22.8 Å². The van der Waals surface area contributed by atoms with Crippen molar-refractivity contribution in [1.82, 2.24) is 15.3 Å². The minimum Gasteiger partial charge on any atom is -0.467 e. The van der Waals surface area contributed by atoms with E-state index in [4.69, 9.17) is 16.0 Å². The highest BCUT2D eigenvalue weighted by Crippen LogP contribution is 2.13. The van der Waals surface area contributed by atoms with Gasteiger partial charge in [0.2, 0.25) is 0 Å². The van der Waals surface area contributed by atoms with Gasteiger partial charge in [-0.05, 0) is 19.1 Å². The molecule has 0 aliphatic carbocycles. The molecule has 1 N–H and O–H groups in total. The van der Waals surface area contributed by atoms with E-state index >= 15 is 0 Å². The second-order valence-corrected chi connectivity index (χ2v) is 3.82. The average molecular weight is 252 g/mol. The van der Waals surface area contributed by atoms with Crippen molar-refractivity contribution in [2.75, 3.05) is 0 Å². The van der Waals surface area contributed by atoms with Crippen LogP contribution in [0.4, 0.5) is 0 Å². The summed E-state index contributed by atoms with van der Waals surface area (Å²) >= 11 is 5.65. The fourth-order valence-corrected chi connectivity index (χ4v) is 1.48. The molecule has 0 fully saturated rings. The average Bonchev–Trinajstić information content (AvgIpc) is 2.82. The smallest absolute Gasteiger partial charge is 0.272 e. The van der Waals surface area contributed by atoms with Gasteiger partial charge in [-0.25, -0.2) is 4.98 Å². The van der Waals surface area contributed by atoms with E-state index in [0.29, 0.717) is 5.76 Å². The summed E-state index contributed by atoms with van der Waals surface area (Å²) in [5.41, 5.74) is 0.177. The second kappa shape index (κ2) is 4.97. The highest BCUT2D eigenvalue weighted by molar-refractivity contribution is 6.29. The highest BCUT2D eigenvalue weighted by atomic mass is 35.5. The van der Waals surface area contributed by atoms with Gasteiger partial charge in [0.1, 0.15) is 16.6 Å². The quantitative estimate of drug-likeness (QED) is 0.908. The summed E-state index contributed by atoms with van der Waals surface area (Å²) in [7, 11) is 0. The first-order valence-corrected chi connectivity index (χ1v) is 5.36. The van der Waals surface area contributed by atoms with Crippen LogP contribution >= 0.6 is 11.6 Å². The van der Waals surface area contributed by atoms with Crippen LogP contribution in [0.5, 0.6) is 0 Å². The van der Waals surface area contributed by atoms with Crippen molar-refractivity contribution in [1.29, 1.82) is 0 Å². The van der Waals surface area contributed by atoms with Crippen molar-refractivity contribution in [3.63, 3.8) is 0 Å². The minimum atomic E-state index is -0.344. The molecule has 6 heteroatoms. The molecular weight excluding hydrogens is 242 g/mol. The molecule has 0 radical (unpaired) electrons. The van der Waals surface area contributed by atoms with Gasteiger partial charge < -0.3 is 9.73 Å². The molecule has 0 bridgehead atoms. The summed E-state index contributed by atoms with van der Waals surface area (Å²) in [5.74, 6) is 0.331. The van der Waals surface area contributed by atoms with Crippen LogP contribution in [0.2, 0.25) is 5.15 Å². The Morgan fingerprint density at radius 3 is 3.00 bits per heavy atom. The van der Waals surface area contributed by atoms with E-state index in [9.17, 15) is 4.79 Å². The summed E-state index contributed by atoms with van der Waals surface area (Å²) in [6, 6.07) is 3.31. The van der Waals surface area contributed by atoms with Crippen molar-refractivity contribution in [3.8, 4) is 0 Å². The Balaban J connectivity index is 2.07. The largest absolute Gasteiger partial charge is 0.467 e. The predicted molar refractivity (Wildman–Crippen MR) is 61.6 cm³/mol. The molecule has 0 spiro atoms. The third-order valence-corrected chi connectivity index (χ3v) is 2.34. The maximum atomic E-state index is 11.8. The van der Waals surface area contributed by atoms with Crippen LogP contribution in [-0.2, 0) is 0 Å². The van der Waals surface area contributed by atoms with Gasteiger partial charge in [-0.1, -0.05) is 11.6 Å². The number of carbonyl (C=O) groups excluding carboxylic acids is 1. The van der Waals surface area contributed by atoms with Crippen LogP contribution in [0.3, 0.4) is 0 Å². The van der Waals surface area contributed by atoms with Crippen LogP contribution in [-0.4, -0.2) is 15.9 Å². The lowest BCUT2D eigenvalue weighted by Gasteiger charge is -2.10. The Morgan fingerprint density at radius 1 is 1.53 bits per heavy atom. The third-order valence-electron chi connectivity index (χ3n) is 2.16. The summed E-state index contributed by atoms with van der Waals surface area (Å²) in [4.78, 5) is 19.5. The van der Waals surface area contributed by atoms with Gasteiger partial charge in [-0.2, -0.15) is 0 Å². The zero-order chi connectivity index (χ0) is 12.3. The van der Waals surface area contributed by atoms with Gasteiger partial charge in [0.05, 0.1) is 24.7 Å². The molecule has 0 aliphatic heterocycles. The molecule has 17 heavy (non-hydrogen) atoms. The monoisotopic (exact) mass is 251 g/mol. The maximum absolute atomic E-state index is 11.8. The van der Waals surface area contributed by atoms with E-state index in [1.54, 1.807) is 18.4 Å². The topological polar surface area (TPSA) is 68.0 Å². The van der Waals surface area contributed by atoms with Crippen LogP contribution < -0.4 is 5.32 Å². The first-order chi connectivity index (χ1) is 8.16. The van der Waals surface area contributed by atoms with Crippen molar-refractivity contribution in [3.05, 3.63) is 47.4 Å². The molecule has 2 aromatic rings. The molecule has 2 aromatic heterocycles. The van der Waals surface area contributed by atoms with Crippen LogP contribution in [0.25, 0.3) is 0 Å². The van der Waals surface area contributed by atoms with Gasteiger partial charge in [-0.3, -0.25) is 9.78 Å². The lowest BCUT2D eigenvalue weighted by molar-refractivity contribution is 0.0930. The Kier molecular flexibility index (Phi) is 3.39. The molecule has 0 aromatic carbocycles. The van der Waals surface area contributed by atoms with Crippen molar-refractivity contribution < 1.29 is 9.21 Å². The molecule has 2 heterocycles. The van der Waals surface area contributed by atoms with E-state index in [2.05, 4.69) is 15.3 Å². The molecule has 1 amide bonds. The zero-order valence-corrected chi connectivity index (χ0v) is 9.81. The van der Waals surface area contributed by atoms with E-state index in [1.807, 2.05) is 6.92 Å². The summed E-state index contributed by atoms with van der Waals surface area (Å²) in [6.45, 7) is 1.81. The Labute approximate surface area is 103 Å². The number of aromatic nitrogens is 2. The Morgan fingerprint density at radius 2 is 2.35 bits per heavy atom. The van der Waals surface area contributed by atoms with Gasteiger partial charge in [-0.15, -0.1) is 0 Å². The Hall–Kier alpha value is -1.88. The van der Waals surface area contributed by atoms with Gasteiger partial charge in [0, 0.05) is 0 Å². The minimum absolute atomic E-state index is 0.177. The number of rotatable bonds is 3. The van der Waals surface area contributed by atoms with Crippen LogP contribution in [0, 0.1) is 0 Å². The summed E-state index contributed by atoms with van der Waals surface area (Å²) in [6.07, 6.45) is 4.28. The standard InChI is InChI=1S/C11H10ClN3O2/c1-7(9-3-2-4-17-9)14-11(16)8-5-13-6-10(12)15-8/h2-7H,1H3,(H,14,16). The number of amides is 1. The molecule has 0 aliphatic rings. The Bertz CT molecular complexity index is 513. The number of halogens is 1. The molecule has 0 saturated heterocycles. The fraction of sp³-hybridized carbons (Fsp3) is 0.182. The second-order valence-electron chi connectivity index (χ2n) is 3.44. The molecule has 0 saturated carbocycles.